The molecule has 0 bridgehead atoms. The zero-order valence-corrected chi connectivity index (χ0v) is 21.2. The molecule has 0 aliphatic carbocycles. The number of nitrogens with one attached hydrogen (secondary N) is 1. The fraction of sp³-hybridized carbons (Fsp3) is 0.478. The van der Waals surface area contributed by atoms with Gasteiger partial charge in [-0.1, -0.05) is 18.5 Å². The lowest BCUT2D eigenvalue weighted by Crippen LogP contribution is -2.51. The van der Waals surface area contributed by atoms with E-state index in [1.165, 1.54) is 16.6 Å². The number of hydrogen-bond donors (Lipinski definition) is 2. The van der Waals surface area contributed by atoms with Crippen LogP contribution in [0.1, 0.15) is 39.1 Å². The van der Waals surface area contributed by atoms with Gasteiger partial charge in [0.15, 0.2) is 5.82 Å². The smallest absolute Gasteiger partial charge is 0.211 e. The minimum atomic E-state index is -3.37. The molecule has 1 saturated heterocycles. The summed E-state index contributed by atoms with van der Waals surface area (Å²) in [6, 6.07) is 4.75. The Kier molecular flexibility index (Phi) is 6.87. The number of nitrogens with zero attached hydrogens (tertiary/aromatic N) is 4. The van der Waals surface area contributed by atoms with Gasteiger partial charge in [0.25, 0.3) is 0 Å². The van der Waals surface area contributed by atoms with E-state index in [2.05, 4.69) is 15.3 Å². The molecule has 11 heteroatoms. The first-order valence-electron chi connectivity index (χ1n) is 11.3. The van der Waals surface area contributed by atoms with Gasteiger partial charge in [-0.05, 0) is 44.0 Å². The van der Waals surface area contributed by atoms with Gasteiger partial charge in [-0.15, -0.1) is 0 Å². The highest BCUT2D eigenvalue weighted by Crippen LogP contribution is 2.34. The maximum atomic E-state index is 15.1. The number of aryl methyl sites for hydroxylation is 1. The second-order valence-corrected chi connectivity index (χ2v) is 11.3. The maximum Gasteiger partial charge on any atom is 0.211 e. The van der Waals surface area contributed by atoms with Crippen LogP contribution in [-0.2, 0) is 16.4 Å². The molecule has 4 rings (SSSR count). The molecule has 1 aliphatic rings. The van der Waals surface area contributed by atoms with Crippen molar-refractivity contribution < 1.29 is 17.9 Å². The van der Waals surface area contributed by atoms with Crippen molar-refractivity contribution in [3.63, 3.8) is 0 Å². The molecule has 2 atom stereocenters. The molecule has 1 aromatic carbocycles. The van der Waals surface area contributed by atoms with Crippen LogP contribution in [0.2, 0.25) is 5.02 Å². The van der Waals surface area contributed by atoms with Gasteiger partial charge >= 0.3 is 0 Å². The number of aliphatic hydroxyl groups is 1. The number of rotatable bonds is 6. The standard InChI is InChI=1S/C23H29ClFN5O3S/c1-5-22-28-23-17(25)8-14(9-19(23)30(22)13(2)3)15-10-21(26-11-16(15)24)27-18-6-7-29(12-20(18)31)34(4,32)33/h8-11,13,18,20,31H,5-7,12H2,1-4H3,(H,26,27)/t18-,20-/m1/s1. The van der Waals surface area contributed by atoms with Crippen LogP contribution in [-0.4, -0.2) is 63.9 Å². The second kappa shape index (κ2) is 9.41. The lowest BCUT2D eigenvalue weighted by molar-refractivity contribution is 0.0952. The van der Waals surface area contributed by atoms with Crippen molar-refractivity contribution in [3.05, 3.63) is 41.1 Å². The average molecular weight is 510 g/mol. The van der Waals surface area contributed by atoms with E-state index >= 15 is 4.39 Å². The minimum Gasteiger partial charge on any atom is -0.390 e. The molecule has 34 heavy (non-hydrogen) atoms. The van der Waals surface area contributed by atoms with Crippen LogP contribution in [0.4, 0.5) is 10.2 Å². The van der Waals surface area contributed by atoms with Crippen LogP contribution in [0.25, 0.3) is 22.2 Å². The van der Waals surface area contributed by atoms with Gasteiger partial charge in [0.05, 0.1) is 28.9 Å². The van der Waals surface area contributed by atoms with Crippen LogP contribution in [0, 0.1) is 5.82 Å². The van der Waals surface area contributed by atoms with E-state index < -0.39 is 21.9 Å². The SMILES string of the molecule is CCc1nc2c(F)cc(-c3cc(N[C@@H]4CCN(S(C)(=O)=O)C[C@H]4O)ncc3Cl)cc2n1C(C)C. The number of halogens is 2. The molecule has 2 N–H and O–H groups in total. The molecule has 0 saturated carbocycles. The number of benzene rings is 1. The fourth-order valence-electron chi connectivity index (χ4n) is 4.48. The highest BCUT2D eigenvalue weighted by Gasteiger charge is 2.32. The van der Waals surface area contributed by atoms with Gasteiger partial charge < -0.3 is 15.0 Å². The molecule has 1 fully saturated rings. The minimum absolute atomic E-state index is 0.0117. The highest BCUT2D eigenvalue weighted by molar-refractivity contribution is 7.88. The Morgan fingerprint density at radius 3 is 2.68 bits per heavy atom. The average Bonchev–Trinajstić information content (AvgIpc) is 3.15. The Balaban J connectivity index is 1.67. The van der Waals surface area contributed by atoms with Crippen LogP contribution in [0.3, 0.4) is 0 Å². The number of hydrogen-bond acceptors (Lipinski definition) is 6. The quantitative estimate of drug-likeness (QED) is 0.523. The summed E-state index contributed by atoms with van der Waals surface area (Å²) in [6.45, 7) is 6.37. The topological polar surface area (TPSA) is 100 Å². The van der Waals surface area contributed by atoms with Crippen LogP contribution in [0.5, 0.6) is 0 Å². The largest absolute Gasteiger partial charge is 0.390 e. The highest BCUT2D eigenvalue weighted by atomic mass is 35.5. The Bertz CT molecular complexity index is 1330. The summed E-state index contributed by atoms with van der Waals surface area (Å²) in [6.07, 6.45) is 2.82. The first-order chi connectivity index (χ1) is 16.0. The molecular weight excluding hydrogens is 481 g/mol. The van der Waals surface area contributed by atoms with Crippen molar-refractivity contribution in [3.8, 4) is 11.1 Å². The van der Waals surface area contributed by atoms with E-state index in [1.807, 2.05) is 31.4 Å². The van der Waals surface area contributed by atoms with Crippen molar-refractivity contribution in [1.29, 1.82) is 0 Å². The van der Waals surface area contributed by atoms with E-state index in [4.69, 9.17) is 11.6 Å². The number of piperidine rings is 1. The molecular formula is C23H29ClFN5O3S. The summed E-state index contributed by atoms with van der Waals surface area (Å²) < 4.78 is 41.9. The molecule has 2 aromatic heterocycles. The van der Waals surface area contributed by atoms with E-state index in [1.54, 1.807) is 6.07 Å². The van der Waals surface area contributed by atoms with Gasteiger partial charge in [0.1, 0.15) is 17.2 Å². The first kappa shape index (κ1) is 24.8. The van der Waals surface area contributed by atoms with Crippen LogP contribution >= 0.6 is 11.6 Å². The molecule has 1 aliphatic heterocycles. The third-order valence-corrected chi connectivity index (χ3v) is 7.74. The lowest BCUT2D eigenvalue weighted by Gasteiger charge is -2.35. The number of aromatic nitrogens is 3. The maximum absolute atomic E-state index is 15.1. The summed E-state index contributed by atoms with van der Waals surface area (Å²) in [5.74, 6) is 0.856. The number of fused-ring (bicyclic) bond motifs is 1. The Morgan fingerprint density at radius 2 is 2.06 bits per heavy atom. The first-order valence-corrected chi connectivity index (χ1v) is 13.5. The van der Waals surface area contributed by atoms with Crippen LogP contribution < -0.4 is 5.32 Å². The van der Waals surface area contributed by atoms with E-state index in [0.29, 0.717) is 52.4 Å². The molecule has 3 heterocycles. The number of pyridine rings is 1. The van der Waals surface area contributed by atoms with E-state index in [9.17, 15) is 13.5 Å². The van der Waals surface area contributed by atoms with E-state index in [0.717, 1.165) is 12.1 Å². The summed E-state index contributed by atoms with van der Waals surface area (Å²) in [7, 11) is -3.37. The predicted octanol–water partition coefficient (Wildman–Crippen LogP) is 3.84. The fourth-order valence-corrected chi connectivity index (χ4v) is 5.56. The van der Waals surface area contributed by atoms with Crippen molar-refractivity contribution in [2.45, 2.75) is 51.8 Å². The number of anilines is 1. The summed E-state index contributed by atoms with van der Waals surface area (Å²) >= 11 is 6.45. The van der Waals surface area contributed by atoms with Gasteiger partial charge in [0, 0.05) is 37.3 Å². The summed E-state index contributed by atoms with van der Waals surface area (Å²) in [5.41, 5.74) is 2.22. The van der Waals surface area contributed by atoms with Crippen molar-refractivity contribution in [2.24, 2.45) is 0 Å². The number of aliphatic hydroxyl groups excluding tert-OH is 1. The zero-order valence-electron chi connectivity index (χ0n) is 19.6. The normalized spacial score (nSPS) is 19.8. The molecule has 0 spiro atoms. The van der Waals surface area contributed by atoms with Gasteiger partial charge in [-0.25, -0.2) is 22.8 Å². The zero-order chi connectivity index (χ0) is 24.8. The summed E-state index contributed by atoms with van der Waals surface area (Å²) in [4.78, 5) is 8.80. The molecule has 8 nitrogen and oxygen atoms in total. The third kappa shape index (κ3) is 4.77. The molecule has 3 aromatic rings. The molecule has 0 radical (unpaired) electrons. The Hall–Kier alpha value is -2.27. The number of sulfonamides is 1. The molecule has 0 unspecified atom stereocenters. The Morgan fingerprint density at radius 1 is 1.32 bits per heavy atom. The van der Waals surface area contributed by atoms with Gasteiger partial charge in [-0.2, -0.15) is 4.31 Å². The van der Waals surface area contributed by atoms with Gasteiger partial charge in [0.2, 0.25) is 10.0 Å². The molecule has 0 amide bonds. The monoisotopic (exact) mass is 509 g/mol. The van der Waals surface area contributed by atoms with Crippen LogP contribution in [0.15, 0.2) is 24.4 Å². The second-order valence-electron chi connectivity index (χ2n) is 8.95. The molecule has 184 valence electrons. The van der Waals surface area contributed by atoms with Crippen molar-refractivity contribution in [1.82, 2.24) is 18.8 Å². The third-order valence-electron chi connectivity index (χ3n) is 6.17. The number of β-amino-alcohol motifs (C(OH)–C–C–N with tert-alkyl or cyclic N) is 1. The van der Waals surface area contributed by atoms with E-state index in [-0.39, 0.29) is 18.6 Å². The lowest BCUT2D eigenvalue weighted by atomic mass is 10.0. The Labute approximate surface area is 203 Å². The van der Waals surface area contributed by atoms with Gasteiger partial charge in [-0.3, -0.25) is 0 Å². The predicted molar refractivity (Wildman–Crippen MR) is 132 cm³/mol. The van der Waals surface area contributed by atoms with Crippen molar-refractivity contribution in [2.75, 3.05) is 24.7 Å². The number of imidazole rings is 1. The van der Waals surface area contributed by atoms with Crippen molar-refractivity contribution >= 4 is 38.5 Å². The summed E-state index contributed by atoms with van der Waals surface area (Å²) in [5, 5.41) is 14.0.